The molecule has 0 aromatic heterocycles. The van der Waals surface area contributed by atoms with Gasteiger partial charge in [0.25, 0.3) is 0 Å². The lowest BCUT2D eigenvalue weighted by Crippen LogP contribution is -2.38. The highest BCUT2D eigenvalue weighted by Crippen LogP contribution is 2.23. The molecule has 94 valence electrons. The van der Waals surface area contributed by atoms with E-state index in [2.05, 4.69) is 18.7 Å². The van der Waals surface area contributed by atoms with Gasteiger partial charge in [-0.2, -0.15) is 0 Å². The fourth-order valence-electron chi connectivity index (χ4n) is 2.83. The van der Waals surface area contributed by atoms with Crippen LogP contribution in [0.3, 0.4) is 0 Å². The molecule has 1 fully saturated rings. The molecule has 0 aliphatic carbocycles. The highest BCUT2D eigenvalue weighted by molar-refractivity contribution is 5.19. The number of hydrogen-bond donors (Lipinski definition) is 0. The van der Waals surface area contributed by atoms with Crippen molar-refractivity contribution in [1.29, 1.82) is 0 Å². The second kappa shape index (κ2) is 5.13. The third kappa shape index (κ3) is 3.03. The molecular formula is C14H19F2N. The molecule has 0 saturated carbocycles. The first-order chi connectivity index (χ1) is 8.06. The van der Waals surface area contributed by atoms with E-state index in [9.17, 15) is 8.78 Å². The van der Waals surface area contributed by atoms with E-state index in [4.69, 9.17) is 0 Å². The van der Waals surface area contributed by atoms with Crippen molar-refractivity contribution in [2.75, 3.05) is 13.1 Å². The van der Waals surface area contributed by atoms with E-state index in [1.165, 1.54) is 24.6 Å². The van der Waals surface area contributed by atoms with Crippen LogP contribution in [0.25, 0.3) is 0 Å². The molecule has 1 nitrogen and oxygen atoms in total. The van der Waals surface area contributed by atoms with Gasteiger partial charge in [0, 0.05) is 25.2 Å². The smallest absolute Gasteiger partial charge is 0.130 e. The molecule has 2 rings (SSSR count). The van der Waals surface area contributed by atoms with Gasteiger partial charge in [0.2, 0.25) is 0 Å². The largest absolute Gasteiger partial charge is 0.298 e. The lowest BCUT2D eigenvalue weighted by atomic mass is 9.91. The van der Waals surface area contributed by atoms with Gasteiger partial charge < -0.3 is 0 Å². The lowest BCUT2D eigenvalue weighted by Gasteiger charge is -2.35. The van der Waals surface area contributed by atoms with Crippen molar-refractivity contribution in [3.8, 4) is 0 Å². The van der Waals surface area contributed by atoms with E-state index < -0.39 is 11.6 Å². The van der Waals surface area contributed by atoms with Gasteiger partial charge in [0.1, 0.15) is 11.6 Å². The molecule has 17 heavy (non-hydrogen) atoms. The first-order valence-electron chi connectivity index (χ1n) is 6.21. The van der Waals surface area contributed by atoms with Crippen LogP contribution in [-0.4, -0.2) is 18.0 Å². The van der Waals surface area contributed by atoms with E-state index in [1.54, 1.807) is 0 Å². The van der Waals surface area contributed by atoms with Gasteiger partial charge in [-0.05, 0) is 30.4 Å². The number of nitrogens with zero attached hydrogens (tertiary/aromatic N) is 1. The normalized spacial score (nSPS) is 26.1. The van der Waals surface area contributed by atoms with Gasteiger partial charge in [0.05, 0.1) is 0 Å². The van der Waals surface area contributed by atoms with Crippen LogP contribution in [0.2, 0.25) is 0 Å². The molecule has 1 saturated heterocycles. The zero-order valence-corrected chi connectivity index (χ0v) is 10.4. The van der Waals surface area contributed by atoms with Crippen molar-refractivity contribution in [3.05, 3.63) is 35.4 Å². The van der Waals surface area contributed by atoms with Crippen LogP contribution in [-0.2, 0) is 6.54 Å². The van der Waals surface area contributed by atoms with Crippen molar-refractivity contribution in [2.24, 2.45) is 11.8 Å². The second-order valence-electron chi connectivity index (χ2n) is 5.34. The fourth-order valence-corrected chi connectivity index (χ4v) is 2.83. The first kappa shape index (κ1) is 12.5. The van der Waals surface area contributed by atoms with Gasteiger partial charge in [-0.1, -0.05) is 19.9 Å². The van der Waals surface area contributed by atoms with E-state index in [0.29, 0.717) is 18.4 Å². The number of benzene rings is 1. The predicted octanol–water partition coefficient (Wildman–Crippen LogP) is 3.44. The van der Waals surface area contributed by atoms with E-state index in [1.807, 2.05) is 0 Å². The summed E-state index contributed by atoms with van der Waals surface area (Å²) < 4.78 is 27.1. The van der Waals surface area contributed by atoms with Crippen LogP contribution in [0.1, 0.15) is 25.8 Å². The molecule has 0 radical (unpaired) electrons. The molecule has 0 amide bonds. The summed E-state index contributed by atoms with van der Waals surface area (Å²) in [6.45, 7) is 6.63. The lowest BCUT2D eigenvalue weighted by molar-refractivity contribution is 0.131. The summed E-state index contributed by atoms with van der Waals surface area (Å²) in [4.78, 5) is 2.15. The Labute approximate surface area is 101 Å². The monoisotopic (exact) mass is 239 g/mol. The van der Waals surface area contributed by atoms with E-state index in [0.717, 1.165) is 13.1 Å². The summed E-state index contributed by atoms with van der Waals surface area (Å²) in [7, 11) is 0. The summed E-state index contributed by atoms with van der Waals surface area (Å²) in [5.41, 5.74) is 0.203. The average molecular weight is 239 g/mol. The van der Waals surface area contributed by atoms with Crippen molar-refractivity contribution < 1.29 is 8.78 Å². The topological polar surface area (TPSA) is 3.24 Å². The van der Waals surface area contributed by atoms with Gasteiger partial charge in [-0.25, -0.2) is 8.78 Å². The minimum absolute atomic E-state index is 0.203. The SMILES string of the molecule is CC1CC(C)CN(Cc2c(F)cccc2F)C1. The third-order valence-corrected chi connectivity index (χ3v) is 3.39. The number of piperidine rings is 1. The molecule has 1 aromatic carbocycles. The van der Waals surface area contributed by atoms with Crippen LogP contribution < -0.4 is 0 Å². The molecular weight excluding hydrogens is 220 g/mol. The van der Waals surface area contributed by atoms with Crippen LogP contribution >= 0.6 is 0 Å². The predicted molar refractivity (Wildman–Crippen MR) is 64.6 cm³/mol. The summed E-state index contributed by atoms with van der Waals surface area (Å²) in [6.07, 6.45) is 1.20. The van der Waals surface area contributed by atoms with Crippen molar-refractivity contribution >= 4 is 0 Å². The van der Waals surface area contributed by atoms with Crippen LogP contribution in [0.15, 0.2) is 18.2 Å². The molecule has 0 spiro atoms. The Balaban J connectivity index is 2.10. The van der Waals surface area contributed by atoms with Crippen molar-refractivity contribution in [1.82, 2.24) is 4.90 Å². The molecule has 1 aromatic rings. The highest BCUT2D eigenvalue weighted by Gasteiger charge is 2.23. The van der Waals surface area contributed by atoms with Gasteiger partial charge >= 0.3 is 0 Å². The average Bonchev–Trinajstić information content (AvgIpc) is 2.22. The van der Waals surface area contributed by atoms with Gasteiger partial charge in [-0.3, -0.25) is 4.90 Å². The number of likely N-dealkylation sites (tertiary alicyclic amines) is 1. The number of hydrogen-bond acceptors (Lipinski definition) is 1. The molecule has 1 aliphatic rings. The Bertz CT molecular complexity index is 362. The maximum absolute atomic E-state index is 13.5. The Morgan fingerprint density at radius 2 is 1.65 bits per heavy atom. The van der Waals surface area contributed by atoms with Crippen molar-refractivity contribution in [2.45, 2.75) is 26.8 Å². The van der Waals surface area contributed by atoms with Crippen LogP contribution in [0.5, 0.6) is 0 Å². The second-order valence-corrected chi connectivity index (χ2v) is 5.34. The summed E-state index contributed by atoms with van der Waals surface area (Å²) >= 11 is 0. The quantitative estimate of drug-likeness (QED) is 0.764. The number of halogens is 2. The maximum Gasteiger partial charge on any atom is 0.130 e. The molecule has 0 N–H and O–H groups in total. The van der Waals surface area contributed by atoms with Gasteiger partial charge in [-0.15, -0.1) is 0 Å². The molecule has 0 bridgehead atoms. The molecule has 3 heteroatoms. The number of rotatable bonds is 2. The first-order valence-corrected chi connectivity index (χ1v) is 6.21. The minimum atomic E-state index is -0.434. The molecule has 1 heterocycles. The summed E-state index contributed by atoms with van der Waals surface area (Å²) in [6, 6.07) is 4.07. The van der Waals surface area contributed by atoms with Crippen LogP contribution in [0.4, 0.5) is 8.78 Å². The third-order valence-electron chi connectivity index (χ3n) is 3.39. The summed E-state index contributed by atoms with van der Waals surface area (Å²) in [5.74, 6) is 0.342. The van der Waals surface area contributed by atoms with E-state index in [-0.39, 0.29) is 5.56 Å². The highest BCUT2D eigenvalue weighted by atomic mass is 19.1. The standard InChI is InChI=1S/C14H19F2N/c1-10-6-11(2)8-17(7-10)9-12-13(15)4-3-5-14(12)16/h3-5,10-11H,6-9H2,1-2H3. The molecule has 2 unspecified atom stereocenters. The minimum Gasteiger partial charge on any atom is -0.298 e. The maximum atomic E-state index is 13.5. The fraction of sp³-hybridized carbons (Fsp3) is 0.571. The summed E-state index contributed by atoms with van der Waals surface area (Å²) in [5, 5.41) is 0. The zero-order chi connectivity index (χ0) is 12.4. The van der Waals surface area contributed by atoms with E-state index >= 15 is 0 Å². The molecule has 2 atom stereocenters. The Morgan fingerprint density at radius 3 is 2.18 bits per heavy atom. The Kier molecular flexibility index (Phi) is 3.77. The Morgan fingerprint density at radius 1 is 1.12 bits per heavy atom. The van der Waals surface area contributed by atoms with Gasteiger partial charge in [0.15, 0.2) is 0 Å². The zero-order valence-electron chi connectivity index (χ0n) is 10.4. The molecule has 1 aliphatic heterocycles. The Hall–Kier alpha value is -0.960. The van der Waals surface area contributed by atoms with Crippen molar-refractivity contribution in [3.63, 3.8) is 0 Å². The van der Waals surface area contributed by atoms with Crippen LogP contribution in [0, 0.1) is 23.5 Å².